The zero-order valence-corrected chi connectivity index (χ0v) is 11.8. The number of unbranched alkanes of at least 4 members (excludes halogenated alkanes) is 1. The Morgan fingerprint density at radius 2 is 2.37 bits per heavy atom. The lowest BCUT2D eigenvalue weighted by atomic mass is 9.99. The summed E-state index contributed by atoms with van der Waals surface area (Å²) >= 11 is 1.66. The van der Waals surface area contributed by atoms with Gasteiger partial charge >= 0.3 is 12.0 Å². The van der Waals surface area contributed by atoms with Crippen LogP contribution in [0.25, 0.3) is 0 Å². The molecule has 108 valence electrons. The van der Waals surface area contributed by atoms with E-state index in [4.69, 9.17) is 4.74 Å². The fourth-order valence-corrected chi connectivity index (χ4v) is 4.09. The highest BCUT2D eigenvalue weighted by atomic mass is 32.2. The highest BCUT2D eigenvalue weighted by Crippen LogP contribution is 2.39. The van der Waals surface area contributed by atoms with Crippen LogP contribution in [0.2, 0.25) is 0 Å². The zero-order valence-electron chi connectivity index (χ0n) is 11.0. The lowest BCUT2D eigenvalue weighted by Crippen LogP contribution is -2.53. The van der Waals surface area contributed by atoms with Gasteiger partial charge < -0.3 is 20.5 Å². The number of hydrogen-bond donors (Lipinski definition) is 3. The van der Waals surface area contributed by atoms with Crippen molar-refractivity contribution in [2.24, 2.45) is 0 Å². The summed E-state index contributed by atoms with van der Waals surface area (Å²) in [6, 6.07) is -0.510. The molecule has 0 aromatic heterocycles. The molecule has 19 heavy (non-hydrogen) atoms. The minimum atomic E-state index is -1.13. The van der Waals surface area contributed by atoms with Crippen molar-refractivity contribution in [3.8, 4) is 0 Å². The van der Waals surface area contributed by atoms with Crippen LogP contribution in [0.3, 0.4) is 0 Å². The topological polar surface area (TPSA) is 87.7 Å². The van der Waals surface area contributed by atoms with Gasteiger partial charge in [-0.2, -0.15) is 11.8 Å². The smallest absolute Gasteiger partial charge is 0.317 e. The van der Waals surface area contributed by atoms with Gasteiger partial charge in [0.2, 0.25) is 0 Å². The highest BCUT2D eigenvalue weighted by Gasteiger charge is 2.55. The molecular weight excluding hydrogens is 268 g/mol. The van der Waals surface area contributed by atoms with Gasteiger partial charge in [-0.1, -0.05) is 6.42 Å². The van der Waals surface area contributed by atoms with Crippen molar-refractivity contribution >= 4 is 23.8 Å². The lowest BCUT2D eigenvalue weighted by Gasteiger charge is -2.27. The molecule has 2 fully saturated rings. The first kappa shape index (κ1) is 14.5. The minimum Gasteiger partial charge on any atom is -0.466 e. The van der Waals surface area contributed by atoms with Gasteiger partial charge in [-0.15, -0.1) is 0 Å². The van der Waals surface area contributed by atoms with Gasteiger partial charge in [0, 0.05) is 12.2 Å². The molecule has 2 saturated heterocycles. The first-order chi connectivity index (χ1) is 9.06. The number of aliphatic hydroxyl groups is 1. The van der Waals surface area contributed by atoms with E-state index in [0.717, 1.165) is 25.0 Å². The van der Waals surface area contributed by atoms with Crippen LogP contribution in [-0.2, 0) is 9.53 Å². The maximum atomic E-state index is 11.2. The zero-order chi connectivity index (χ0) is 13.9. The number of amides is 2. The average molecular weight is 288 g/mol. The first-order valence-electron chi connectivity index (χ1n) is 6.64. The van der Waals surface area contributed by atoms with E-state index in [-0.39, 0.29) is 23.3 Å². The van der Waals surface area contributed by atoms with E-state index in [9.17, 15) is 14.7 Å². The molecule has 0 radical (unpaired) electrons. The van der Waals surface area contributed by atoms with Crippen molar-refractivity contribution in [1.29, 1.82) is 0 Å². The molecule has 0 bridgehead atoms. The Balaban J connectivity index is 1.72. The van der Waals surface area contributed by atoms with Crippen molar-refractivity contribution in [1.82, 2.24) is 10.6 Å². The summed E-state index contributed by atoms with van der Waals surface area (Å²) in [7, 11) is 0. The van der Waals surface area contributed by atoms with Gasteiger partial charge in [-0.3, -0.25) is 4.79 Å². The summed E-state index contributed by atoms with van der Waals surface area (Å²) in [6.07, 6.45) is 2.77. The summed E-state index contributed by atoms with van der Waals surface area (Å²) in [6.45, 7) is 2.20. The molecule has 2 rings (SSSR count). The number of thioether (sulfide) groups is 1. The van der Waals surface area contributed by atoms with Crippen LogP contribution in [0.5, 0.6) is 0 Å². The number of hydrogen-bond acceptors (Lipinski definition) is 5. The molecule has 0 aromatic carbocycles. The number of esters is 1. The van der Waals surface area contributed by atoms with E-state index >= 15 is 0 Å². The number of rotatable bonds is 6. The van der Waals surface area contributed by atoms with E-state index in [1.54, 1.807) is 18.7 Å². The molecular formula is C12H20N2O4S. The van der Waals surface area contributed by atoms with Crippen molar-refractivity contribution in [2.75, 3.05) is 12.4 Å². The molecule has 6 nitrogen and oxygen atoms in total. The molecule has 3 atom stereocenters. The van der Waals surface area contributed by atoms with Gasteiger partial charge in [0.05, 0.1) is 17.9 Å². The molecule has 2 heterocycles. The standard InChI is InChI=1S/C12H20N2O4S/c1-2-18-10(15)6-4-3-5-9-12(17)8(7-19-9)13-11(16)14-12/h8-9,17H,2-7H2,1H3,(H2,13,14,16). The molecule has 0 aromatic rings. The number of carbonyl (C=O) groups is 2. The largest absolute Gasteiger partial charge is 0.466 e. The fourth-order valence-electron chi connectivity index (χ4n) is 2.52. The van der Waals surface area contributed by atoms with E-state index in [1.807, 2.05) is 0 Å². The lowest BCUT2D eigenvalue weighted by molar-refractivity contribution is -0.143. The second kappa shape index (κ2) is 6.00. The number of fused-ring (bicyclic) bond motifs is 1. The molecule has 0 spiro atoms. The van der Waals surface area contributed by atoms with Crippen molar-refractivity contribution in [2.45, 2.75) is 49.6 Å². The summed E-state index contributed by atoms with van der Waals surface area (Å²) in [5, 5.41) is 15.8. The van der Waals surface area contributed by atoms with Gasteiger partial charge in [0.15, 0.2) is 5.72 Å². The number of urea groups is 1. The average Bonchev–Trinajstić information content (AvgIpc) is 2.78. The highest BCUT2D eigenvalue weighted by molar-refractivity contribution is 8.00. The molecule has 2 aliphatic heterocycles. The van der Waals surface area contributed by atoms with Gasteiger partial charge in [0.1, 0.15) is 0 Å². The van der Waals surface area contributed by atoms with Crippen LogP contribution in [0.4, 0.5) is 4.79 Å². The second-order valence-corrected chi connectivity index (χ2v) is 6.08. The third kappa shape index (κ3) is 3.14. The second-order valence-electron chi connectivity index (χ2n) is 4.85. The Morgan fingerprint density at radius 1 is 1.58 bits per heavy atom. The Labute approximate surface area is 116 Å². The van der Waals surface area contributed by atoms with Crippen LogP contribution in [0.15, 0.2) is 0 Å². The van der Waals surface area contributed by atoms with E-state index < -0.39 is 5.72 Å². The minimum absolute atomic E-state index is 0.0151. The maximum Gasteiger partial charge on any atom is 0.317 e. The fraction of sp³-hybridized carbons (Fsp3) is 0.833. The maximum absolute atomic E-state index is 11.2. The SMILES string of the molecule is CCOC(=O)CCCCC1SCC2NC(=O)NC21O. The van der Waals surface area contributed by atoms with E-state index in [1.165, 1.54) is 0 Å². The van der Waals surface area contributed by atoms with Crippen LogP contribution in [0, 0.1) is 0 Å². The molecule has 7 heteroatoms. The number of carbonyl (C=O) groups excluding carboxylic acids is 2. The quantitative estimate of drug-likeness (QED) is 0.378. The summed E-state index contributed by atoms with van der Waals surface area (Å²) in [5.41, 5.74) is -1.13. The summed E-state index contributed by atoms with van der Waals surface area (Å²) in [4.78, 5) is 22.4. The van der Waals surface area contributed by atoms with Crippen molar-refractivity contribution in [3.05, 3.63) is 0 Å². The molecule has 3 unspecified atom stereocenters. The van der Waals surface area contributed by atoms with Gasteiger partial charge in [-0.25, -0.2) is 4.79 Å². The normalized spacial score (nSPS) is 32.6. The van der Waals surface area contributed by atoms with Crippen LogP contribution in [-0.4, -0.2) is 46.5 Å². The Bertz CT molecular complexity index is 366. The Hall–Kier alpha value is -0.950. The summed E-state index contributed by atoms with van der Waals surface area (Å²) < 4.78 is 4.86. The predicted octanol–water partition coefficient (Wildman–Crippen LogP) is 0.595. The van der Waals surface area contributed by atoms with Crippen LogP contribution in [0.1, 0.15) is 32.6 Å². The molecule has 3 N–H and O–H groups in total. The van der Waals surface area contributed by atoms with Crippen molar-refractivity contribution in [3.63, 3.8) is 0 Å². The van der Waals surface area contributed by atoms with Gasteiger partial charge in [-0.05, 0) is 19.8 Å². The third-order valence-corrected chi connectivity index (χ3v) is 5.03. The Morgan fingerprint density at radius 3 is 3.11 bits per heavy atom. The third-order valence-electron chi connectivity index (χ3n) is 3.51. The molecule has 0 saturated carbocycles. The first-order valence-corrected chi connectivity index (χ1v) is 7.69. The van der Waals surface area contributed by atoms with Crippen LogP contribution >= 0.6 is 11.8 Å². The summed E-state index contributed by atoms with van der Waals surface area (Å²) in [5.74, 6) is 0.548. The van der Waals surface area contributed by atoms with E-state index in [0.29, 0.717) is 13.0 Å². The predicted molar refractivity (Wildman–Crippen MR) is 71.8 cm³/mol. The van der Waals surface area contributed by atoms with Gasteiger partial charge in [0.25, 0.3) is 0 Å². The molecule has 2 aliphatic rings. The molecule has 2 amide bonds. The van der Waals surface area contributed by atoms with E-state index in [2.05, 4.69) is 10.6 Å². The van der Waals surface area contributed by atoms with Crippen LogP contribution < -0.4 is 10.6 Å². The Kier molecular flexibility index (Phi) is 4.57. The van der Waals surface area contributed by atoms with Crippen molar-refractivity contribution < 1.29 is 19.4 Å². The number of ether oxygens (including phenoxy) is 1. The monoisotopic (exact) mass is 288 g/mol. The molecule has 0 aliphatic carbocycles. The number of nitrogens with one attached hydrogen (secondary N) is 2.